The number of halogens is 1. The SMILES string of the molecule is CCCCOCCCNC(=NCC(C)(O)c1ccco1)NCC.I. The Bertz CT molecular complexity index is 436. The van der Waals surface area contributed by atoms with Crippen LogP contribution >= 0.6 is 24.0 Å². The van der Waals surface area contributed by atoms with E-state index in [1.807, 2.05) is 6.92 Å². The predicted molar refractivity (Wildman–Crippen MR) is 108 cm³/mol. The number of aliphatic imine (C=N–C) groups is 1. The summed E-state index contributed by atoms with van der Waals surface area (Å²) in [6.45, 7) is 9.20. The third kappa shape index (κ3) is 9.48. The van der Waals surface area contributed by atoms with Crippen molar-refractivity contribution < 1.29 is 14.3 Å². The van der Waals surface area contributed by atoms with E-state index in [4.69, 9.17) is 9.15 Å². The summed E-state index contributed by atoms with van der Waals surface area (Å²) in [6.07, 6.45) is 4.74. The molecule has 1 unspecified atom stereocenters. The van der Waals surface area contributed by atoms with E-state index in [-0.39, 0.29) is 30.5 Å². The molecule has 1 aromatic rings. The summed E-state index contributed by atoms with van der Waals surface area (Å²) in [5.74, 6) is 1.20. The maximum atomic E-state index is 10.4. The van der Waals surface area contributed by atoms with Crippen LogP contribution in [-0.2, 0) is 10.3 Å². The van der Waals surface area contributed by atoms with Gasteiger partial charge in [-0.15, -0.1) is 24.0 Å². The van der Waals surface area contributed by atoms with Gasteiger partial charge in [0.05, 0.1) is 12.8 Å². The fraction of sp³-hybridized carbons (Fsp3) is 0.706. The molecule has 0 aliphatic rings. The Kier molecular flexibility index (Phi) is 13.0. The van der Waals surface area contributed by atoms with Gasteiger partial charge in [0, 0.05) is 26.3 Å². The summed E-state index contributed by atoms with van der Waals surface area (Å²) in [6, 6.07) is 3.51. The molecule has 0 fully saturated rings. The molecule has 0 aromatic carbocycles. The Hall–Kier alpha value is -0.800. The second-order valence-electron chi connectivity index (χ2n) is 5.69. The number of hydrogen-bond donors (Lipinski definition) is 3. The Balaban J connectivity index is 0.00000529. The van der Waals surface area contributed by atoms with Gasteiger partial charge < -0.3 is 24.9 Å². The second kappa shape index (κ2) is 13.5. The minimum Gasteiger partial charge on any atom is -0.466 e. The molecule has 7 heteroatoms. The highest BCUT2D eigenvalue weighted by atomic mass is 127. The molecule has 0 spiro atoms. The van der Waals surface area contributed by atoms with Crippen molar-refractivity contribution in [2.45, 2.75) is 45.6 Å². The summed E-state index contributed by atoms with van der Waals surface area (Å²) < 4.78 is 10.8. The maximum Gasteiger partial charge on any atom is 0.191 e. The van der Waals surface area contributed by atoms with Gasteiger partial charge in [-0.1, -0.05) is 13.3 Å². The summed E-state index contributed by atoms with van der Waals surface area (Å²) in [7, 11) is 0. The highest BCUT2D eigenvalue weighted by Crippen LogP contribution is 2.20. The van der Waals surface area contributed by atoms with Gasteiger partial charge in [-0.25, -0.2) is 4.99 Å². The molecule has 1 atom stereocenters. The molecule has 3 N–H and O–H groups in total. The number of ether oxygens (including phenoxy) is 1. The third-order valence-corrected chi connectivity index (χ3v) is 3.34. The summed E-state index contributed by atoms with van der Waals surface area (Å²) >= 11 is 0. The van der Waals surface area contributed by atoms with Crippen LogP contribution in [0.4, 0.5) is 0 Å². The van der Waals surface area contributed by atoms with Crippen LogP contribution in [-0.4, -0.2) is 43.9 Å². The van der Waals surface area contributed by atoms with E-state index >= 15 is 0 Å². The molecule has 140 valence electrons. The van der Waals surface area contributed by atoms with Crippen LogP contribution in [0.1, 0.15) is 45.8 Å². The van der Waals surface area contributed by atoms with Crippen molar-refractivity contribution >= 4 is 29.9 Å². The highest BCUT2D eigenvalue weighted by Gasteiger charge is 2.25. The lowest BCUT2D eigenvalue weighted by atomic mass is 10.0. The molecule has 24 heavy (non-hydrogen) atoms. The Morgan fingerprint density at radius 3 is 2.67 bits per heavy atom. The zero-order chi connectivity index (χ0) is 17.0. The first-order chi connectivity index (χ1) is 11.1. The first-order valence-corrected chi connectivity index (χ1v) is 8.46. The van der Waals surface area contributed by atoms with Gasteiger partial charge in [0.25, 0.3) is 0 Å². The monoisotopic (exact) mass is 453 g/mol. The van der Waals surface area contributed by atoms with E-state index < -0.39 is 5.60 Å². The summed E-state index contributed by atoms with van der Waals surface area (Å²) in [5.41, 5.74) is -1.12. The van der Waals surface area contributed by atoms with Crippen molar-refractivity contribution in [2.75, 3.05) is 32.8 Å². The second-order valence-corrected chi connectivity index (χ2v) is 5.69. The average molecular weight is 453 g/mol. The molecular formula is C17H32IN3O3. The van der Waals surface area contributed by atoms with Crippen LogP contribution < -0.4 is 10.6 Å². The van der Waals surface area contributed by atoms with Gasteiger partial charge in [-0.05, 0) is 38.8 Å². The zero-order valence-electron chi connectivity index (χ0n) is 15.0. The highest BCUT2D eigenvalue weighted by molar-refractivity contribution is 14.0. The fourth-order valence-corrected chi connectivity index (χ4v) is 1.97. The van der Waals surface area contributed by atoms with Crippen LogP contribution in [0.25, 0.3) is 0 Å². The molecule has 1 heterocycles. The number of furan rings is 1. The van der Waals surface area contributed by atoms with Crippen LogP contribution in [0.15, 0.2) is 27.8 Å². The molecule has 0 amide bonds. The van der Waals surface area contributed by atoms with Gasteiger partial charge in [0.15, 0.2) is 5.96 Å². The van der Waals surface area contributed by atoms with E-state index in [0.717, 1.165) is 45.6 Å². The van der Waals surface area contributed by atoms with Gasteiger partial charge in [-0.2, -0.15) is 0 Å². The number of aliphatic hydroxyl groups is 1. The van der Waals surface area contributed by atoms with Crippen LogP contribution in [0.2, 0.25) is 0 Å². The van der Waals surface area contributed by atoms with Crippen LogP contribution in [0.5, 0.6) is 0 Å². The number of guanidine groups is 1. The first-order valence-electron chi connectivity index (χ1n) is 8.46. The van der Waals surface area contributed by atoms with E-state index in [1.54, 1.807) is 25.3 Å². The molecule has 0 saturated heterocycles. The molecular weight excluding hydrogens is 421 g/mol. The molecule has 0 saturated carbocycles. The van der Waals surface area contributed by atoms with Crippen molar-refractivity contribution in [3.05, 3.63) is 24.2 Å². The van der Waals surface area contributed by atoms with Crippen molar-refractivity contribution in [1.82, 2.24) is 10.6 Å². The van der Waals surface area contributed by atoms with E-state index in [9.17, 15) is 5.11 Å². The Morgan fingerprint density at radius 1 is 1.29 bits per heavy atom. The molecule has 1 aromatic heterocycles. The van der Waals surface area contributed by atoms with E-state index in [1.165, 1.54) is 0 Å². The minimum absolute atomic E-state index is 0. The van der Waals surface area contributed by atoms with Crippen molar-refractivity contribution in [1.29, 1.82) is 0 Å². The van der Waals surface area contributed by atoms with E-state index in [0.29, 0.717) is 11.7 Å². The van der Waals surface area contributed by atoms with Crippen molar-refractivity contribution in [3.63, 3.8) is 0 Å². The molecule has 0 aliphatic heterocycles. The quantitative estimate of drug-likeness (QED) is 0.208. The summed E-state index contributed by atoms with van der Waals surface area (Å²) in [5, 5.41) is 16.8. The predicted octanol–water partition coefficient (Wildman–Crippen LogP) is 2.87. The first kappa shape index (κ1) is 23.2. The largest absolute Gasteiger partial charge is 0.466 e. The lowest BCUT2D eigenvalue weighted by Gasteiger charge is -2.19. The third-order valence-electron chi connectivity index (χ3n) is 3.34. The number of unbranched alkanes of at least 4 members (excludes halogenated alkanes) is 1. The fourth-order valence-electron chi connectivity index (χ4n) is 1.97. The number of rotatable bonds is 11. The Labute approximate surface area is 162 Å². The lowest BCUT2D eigenvalue weighted by molar-refractivity contribution is 0.0437. The van der Waals surface area contributed by atoms with Crippen LogP contribution in [0.3, 0.4) is 0 Å². The molecule has 0 radical (unpaired) electrons. The lowest BCUT2D eigenvalue weighted by Crippen LogP contribution is -2.39. The Morgan fingerprint density at radius 2 is 2.04 bits per heavy atom. The minimum atomic E-state index is -1.12. The average Bonchev–Trinajstić information content (AvgIpc) is 3.07. The number of nitrogens with zero attached hydrogens (tertiary/aromatic N) is 1. The molecule has 0 aliphatic carbocycles. The normalized spacial score (nSPS) is 13.9. The smallest absolute Gasteiger partial charge is 0.191 e. The van der Waals surface area contributed by atoms with Gasteiger partial charge in [0.1, 0.15) is 11.4 Å². The van der Waals surface area contributed by atoms with Crippen molar-refractivity contribution in [3.8, 4) is 0 Å². The zero-order valence-corrected chi connectivity index (χ0v) is 17.3. The standard InChI is InChI=1S/C17H31N3O3.HI/c1-4-6-11-22-12-8-10-19-16(18-5-2)20-14-17(3,21)15-9-7-13-23-15;/h7,9,13,21H,4-6,8,10-12,14H2,1-3H3,(H2,18,19,20);1H. The van der Waals surface area contributed by atoms with E-state index in [2.05, 4.69) is 22.5 Å². The van der Waals surface area contributed by atoms with Crippen molar-refractivity contribution in [2.24, 2.45) is 4.99 Å². The van der Waals surface area contributed by atoms with Crippen LogP contribution in [0, 0.1) is 0 Å². The molecule has 6 nitrogen and oxygen atoms in total. The maximum absolute atomic E-state index is 10.4. The van der Waals surface area contributed by atoms with Gasteiger partial charge >= 0.3 is 0 Å². The number of nitrogens with one attached hydrogen (secondary N) is 2. The van der Waals surface area contributed by atoms with Gasteiger partial charge in [0.2, 0.25) is 0 Å². The molecule has 1 rings (SSSR count). The van der Waals surface area contributed by atoms with Gasteiger partial charge in [-0.3, -0.25) is 0 Å². The number of hydrogen-bond acceptors (Lipinski definition) is 4. The summed E-state index contributed by atoms with van der Waals surface area (Å²) in [4.78, 5) is 4.43. The molecule has 0 bridgehead atoms. The topological polar surface area (TPSA) is 79.0 Å².